The Morgan fingerprint density at radius 2 is 1.81 bits per heavy atom. The smallest absolute Gasteiger partial charge is 0.370 e. The number of ether oxygens (including phenoxy) is 1. The van der Waals surface area contributed by atoms with Crippen LogP contribution in [0, 0.1) is 0 Å². The first-order valence-corrected chi connectivity index (χ1v) is 4.44. The fourth-order valence-corrected chi connectivity index (χ4v) is 0.914. The number of hydrogen-bond donors (Lipinski definition) is 2. The molecule has 0 fully saturated rings. The molecule has 1 aromatic carbocycles. The van der Waals surface area contributed by atoms with Gasteiger partial charge in [0.25, 0.3) is 6.29 Å². The van der Waals surface area contributed by atoms with Gasteiger partial charge in [-0.2, -0.15) is 0 Å². The molecule has 0 aliphatic rings. The van der Waals surface area contributed by atoms with Crippen LogP contribution in [-0.2, 0) is 14.3 Å². The maximum absolute atomic E-state index is 11.0. The van der Waals surface area contributed by atoms with Crippen LogP contribution in [0.25, 0.3) is 6.08 Å². The molecule has 0 saturated carbocycles. The molecule has 0 aliphatic heterocycles. The number of esters is 2. The monoisotopic (exact) mass is 222 g/mol. The van der Waals surface area contributed by atoms with E-state index in [0.717, 1.165) is 11.6 Å². The number of rotatable bonds is 3. The Hall–Kier alpha value is -1.98. The number of aliphatic hydroxyl groups excluding tert-OH is 1. The van der Waals surface area contributed by atoms with Gasteiger partial charge in [0.15, 0.2) is 0 Å². The highest BCUT2D eigenvalue weighted by molar-refractivity contribution is 5.95. The molecule has 0 atom stereocenters. The molecule has 1 rings (SSSR count). The zero-order chi connectivity index (χ0) is 12.0. The van der Waals surface area contributed by atoms with Crippen molar-refractivity contribution in [1.29, 1.82) is 0 Å². The average molecular weight is 222 g/mol. The second-order valence-corrected chi connectivity index (χ2v) is 2.86. The van der Waals surface area contributed by atoms with Gasteiger partial charge in [0.05, 0.1) is 0 Å². The Morgan fingerprint density at radius 3 is 2.38 bits per heavy atom. The molecule has 84 valence electrons. The van der Waals surface area contributed by atoms with Gasteiger partial charge in [-0.15, -0.1) is 0 Å². The van der Waals surface area contributed by atoms with Crippen LogP contribution in [0.5, 0.6) is 0 Å². The first-order chi connectivity index (χ1) is 7.59. The van der Waals surface area contributed by atoms with E-state index in [1.165, 1.54) is 6.08 Å². The van der Waals surface area contributed by atoms with Gasteiger partial charge in [-0.25, -0.2) is 9.59 Å². The maximum atomic E-state index is 11.0. The zero-order valence-electron chi connectivity index (χ0n) is 8.24. The summed E-state index contributed by atoms with van der Waals surface area (Å²) in [5.74, 6) is -2.36. The lowest BCUT2D eigenvalue weighted by molar-refractivity contribution is -0.177. The van der Waals surface area contributed by atoms with Gasteiger partial charge in [-0.05, 0) is 11.6 Å². The van der Waals surface area contributed by atoms with E-state index in [1.54, 1.807) is 24.3 Å². The summed E-state index contributed by atoms with van der Waals surface area (Å²) in [5, 5.41) is 16.7. The van der Waals surface area contributed by atoms with Crippen LogP contribution >= 0.6 is 0 Å². The van der Waals surface area contributed by atoms with Crippen molar-refractivity contribution in [1.82, 2.24) is 0 Å². The highest BCUT2D eigenvalue weighted by Crippen LogP contribution is 2.01. The normalized spacial score (nSPS) is 10.7. The Kier molecular flexibility index (Phi) is 4.38. The Bertz CT molecular complexity index is 394. The molecule has 0 aliphatic carbocycles. The van der Waals surface area contributed by atoms with Crippen molar-refractivity contribution in [3.63, 3.8) is 0 Å². The largest absolute Gasteiger partial charge is 0.386 e. The van der Waals surface area contributed by atoms with Crippen molar-refractivity contribution in [2.45, 2.75) is 6.29 Å². The van der Waals surface area contributed by atoms with Crippen LogP contribution in [-0.4, -0.2) is 28.4 Å². The van der Waals surface area contributed by atoms with E-state index < -0.39 is 18.2 Å². The minimum Gasteiger partial charge on any atom is -0.386 e. The molecule has 2 N–H and O–H groups in total. The van der Waals surface area contributed by atoms with Crippen LogP contribution in [0.15, 0.2) is 36.4 Å². The average Bonchev–Trinajstić information content (AvgIpc) is 2.27. The van der Waals surface area contributed by atoms with Crippen molar-refractivity contribution in [2.24, 2.45) is 0 Å². The summed E-state index contributed by atoms with van der Waals surface area (Å²) in [5.41, 5.74) is 0.761. The highest BCUT2D eigenvalue weighted by Gasteiger charge is 2.15. The third kappa shape index (κ3) is 4.04. The second-order valence-electron chi connectivity index (χ2n) is 2.86. The van der Waals surface area contributed by atoms with Crippen molar-refractivity contribution in [3.05, 3.63) is 42.0 Å². The number of carbonyl (C=O) groups excluding carboxylic acids is 2. The SMILES string of the molecule is O=C(/C=C/c1ccccc1)OC(=O)C(O)O. The topological polar surface area (TPSA) is 83.8 Å². The van der Waals surface area contributed by atoms with Gasteiger partial charge < -0.3 is 14.9 Å². The second kappa shape index (κ2) is 5.79. The zero-order valence-corrected chi connectivity index (χ0v) is 8.24. The van der Waals surface area contributed by atoms with Crippen LogP contribution < -0.4 is 0 Å². The Balaban J connectivity index is 2.52. The molecule has 1 aromatic rings. The van der Waals surface area contributed by atoms with Crippen molar-refractivity contribution in [3.8, 4) is 0 Å². The molecule has 0 radical (unpaired) electrons. The fourth-order valence-electron chi connectivity index (χ4n) is 0.914. The van der Waals surface area contributed by atoms with E-state index in [2.05, 4.69) is 4.74 Å². The van der Waals surface area contributed by atoms with Crippen molar-refractivity contribution < 1.29 is 24.5 Å². The van der Waals surface area contributed by atoms with E-state index in [1.807, 2.05) is 6.07 Å². The minimum atomic E-state index is -2.30. The van der Waals surface area contributed by atoms with Crippen LogP contribution in [0.4, 0.5) is 0 Å². The number of hydrogen-bond acceptors (Lipinski definition) is 5. The van der Waals surface area contributed by atoms with Gasteiger partial charge in [0.2, 0.25) is 0 Å². The van der Waals surface area contributed by atoms with Crippen LogP contribution in [0.3, 0.4) is 0 Å². The molecular formula is C11H10O5. The number of benzene rings is 1. The van der Waals surface area contributed by atoms with Crippen molar-refractivity contribution in [2.75, 3.05) is 0 Å². The third-order valence-corrected chi connectivity index (χ3v) is 1.62. The van der Waals surface area contributed by atoms with Crippen molar-refractivity contribution >= 4 is 18.0 Å². The van der Waals surface area contributed by atoms with Gasteiger partial charge in [-0.1, -0.05) is 30.3 Å². The van der Waals surface area contributed by atoms with E-state index in [-0.39, 0.29) is 0 Å². The summed E-state index contributed by atoms with van der Waals surface area (Å²) in [4.78, 5) is 21.6. The maximum Gasteiger partial charge on any atom is 0.370 e. The molecule has 0 aromatic heterocycles. The number of carbonyl (C=O) groups is 2. The Labute approximate surface area is 91.6 Å². The summed E-state index contributed by atoms with van der Waals surface area (Å²) >= 11 is 0. The predicted octanol–water partition coefficient (Wildman–Crippen LogP) is 0.0803. The van der Waals surface area contributed by atoms with Crippen LogP contribution in [0.1, 0.15) is 5.56 Å². The molecule has 0 amide bonds. The number of aliphatic hydroxyl groups is 2. The molecule has 5 heteroatoms. The molecule has 0 unspecified atom stereocenters. The lowest BCUT2D eigenvalue weighted by Gasteiger charge is -2.00. The molecule has 0 bridgehead atoms. The fraction of sp³-hybridized carbons (Fsp3) is 0.0909. The summed E-state index contributed by atoms with van der Waals surface area (Å²) in [6, 6.07) is 8.90. The molecule has 5 nitrogen and oxygen atoms in total. The van der Waals surface area contributed by atoms with Gasteiger partial charge in [0.1, 0.15) is 0 Å². The quantitative estimate of drug-likeness (QED) is 0.327. The predicted molar refractivity (Wildman–Crippen MR) is 54.8 cm³/mol. The van der Waals surface area contributed by atoms with Gasteiger partial charge >= 0.3 is 11.9 Å². The molecule has 0 saturated heterocycles. The lowest BCUT2D eigenvalue weighted by atomic mass is 10.2. The lowest BCUT2D eigenvalue weighted by Crippen LogP contribution is -2.24. The van der Waals surface area contributed by atoms with Crippen LogP contribution in [0.2, 0.25) is 0 Å². The van der Waals surface area contributed by atoms with E-state index in [4.69, 9.17) is 10.2 Å². The van der Waals surface area contributed by atoms with E-state index in [0.29, 0.717) is 0 Å². The van der Waals surface area contributed by atoms with E-state index in [9.17, 15) is 9.59 Å². The molecule has 0 spiro atoms. The summed E-state index contributed by atoms with van der Waals surface area (Å²) in [6.07, 6.45) is 0.170. The van der Waals surface area contributed by atoms with Gasteiger partial charge in [-0.3, -0.25) is 0 Å². The first kappa shape index (κ1) is 12.1. The van der Waals surface area contributed by atoms with E-state index >= 15 is 0 Å². The molecule has 0 heterocycles. The molecule has 16 heavy (non-hydrogen) atoms. The summed E-state index contributed by atoms with van der Waals surface area (Å²) < 4.78 is 4.07. The Morgan fingerprint density at radius 1 is 1.19 bits per heavy atom. The third-order valence-electron chi connectivity index (χ3n) is 1.62. The summed E-state index contributed by atoms with van der Waals surface area (Å²) in [7, 11) is 0. The standard InChI is InChI=1S/C11H10O5/c12-9(16-11(15)10(13)14)7-6-8-4-2-1-3-5-8/h1-7,10,13-14H/b7-6+. The first-order valence-electron chi connectivity index (χ1n) is 4.44. The minimum absolute atomic E-state index is 0.761. The highest BCUT2D eigenvalue weighted by atomic mass is 16.6. The summed E-state index contributed by atoms with van der Waals surface area (Å²) in [6.45, 7) is 0. The molecular weight excluding hydrogens is 212 g/mol. The van der Waals surface area contributed by atoms with Gasteiger partial charge in [0, 0.05) is 6.08 Å².